The van der Waals surface area contributed by atoms with Crippen molar-refractivity contribution in [2.75, 3.05) is 6.61 Å². The Morgan fingerprint density at radius 2 is 2.04 bits per heavy atom. The van der Waals surface area contributed by atoms with E-state index in [1.807, 2.05) is 61.5 Å². The normalized spacial score (nSPS) is 10.4. The van der Waals surface area contributed by atoms with E-state index in [4.69, 9.17) is 9.15 Å². The Morgan fingerprint density at radius 3 is 2.76 bits per heavy atom. The van der Waals surface area contributed by atoms with Crippen molar-refractivity contribution in [3.05, 3.63) is 84.1 Å². The predicted molar refractivity (Wildman–Crippen MR) is 93.9 cm³/mol. The van der Waals surface area contributed by atoms with E-state index >= 15 is 0 Å². The number of amides is 1. The lowest BCUT2D eigenvalue weighted by atomic mass is 10.2. The molecule has 25 heavy (non-hydrogen) atoms. The van der Waals surface area contributed by atoms with Gasteiger partial charge in [0.05, 0.1) is 25.0 Å². The number of rotatable bonds is 7. The predicted octanol–water partition coefficient (Wildman–Crippen LogP) is 3.59. The number of benzene rings is 1. The molecule has 128 valence electrons. The second kappa shape index (κ2) is 8.15. The van der Waals surface area contributed by atoms with Crippen LogP contribution in [0.2, 0.25) is 0 Å². The molecule has 3 aromatic rings. The van der Waals surface area contributed by atoms with E-state index in [0.29, 0.717) is 18.8 Å². The van der Waals surface area contributed by atoms with Crippen LogP contribution in [0.15, 0.2) is 71.5 Å². The number of ether oxygens (including phenoxy) is 1. The summed E-state index contributed by atoms with van der Waals surface area (Å²) in [5, 5.41) is 0. The van der Waals surface area contributed by atoms with Crippen molar-refractivity contribution in [2.45, 2.75) is 20.0 Å². The summed E-state index contributed by atoms with van der Waals surface area (Å²) in [5.41, 5.74) is 1.91. The molecule has 0 unspecified atom stereocenters. The van der Waals surface area contributed by atoms with Crippen molar-refractivity contribution >= 4 is 5.91 Å². The highest BCUT2D eigenvalue weighted by Crippen LogP contribution is 2.14. The molecule has 0 saturated heterocycles. The van der Waals surface area contributed by atoms with Crippen LogP contribution in [-0.2, 0) is 17.9 Å². The Labute approximate surface area is 146 Å². The average Bonchev–Trinajstić information content (AvgIpc) is 3.13. The lowest BCUT2D eigenvalue weighted by Crippen LogP contribution is -2.34. The van der Waals surface area contributed by atoms with E-state index in [0.717, 1.165) is 17.0 Å². The monoisotopic (exact) mass is 336 g/mol. The molecule has 0 saturated carbocycles. The third-order valence-electron chi connectivity index (χ3n) is 3.71. The zero-order valence-electron chi connectivity index (χ0n) is 14.1. The second-order valence-electron chi connectivity index (χ2n) is 5.76. The molecule has 0 fully saturated rings. The number of aryl methyl sites for hydroxylation is 1. The third-order valence-corrected chi connectivity index (χ3v) is 3.71. The van der Waals surface area contributed by atoms with Crippen molar-refractivity contribution in [1.29, 1.82) is 0 Å². The smallest absolute Gasteiger partial charge is 0.261 e. The van der Waals surface area contributed by atoms with Crippen molar-refractivity contribution in [2.24, 2.45) is 0 Å². The van der Waals surface area contributed by atoms with Gasteiger partial charge < -0.3 is 14.1 Å². The highest BCUT2D eigenvalue weighted by atomic mass is 16.5. The molecular formula is C20H20N2O3. The zero-order chi connectivity index (χ0) is 17.5. The van der Waals surface area contributed by atoms with Gasteiger partial charge in [-0.2, -0.15) is 0 Å². The largest absolute Gasteiger partial charge is 0.484 e. The summed E-state index contributed by atoms with van der Waals surface area (Å²) in [6, 6.07) is 16.9. The fourth-order valence-electron chi connectivity index (χ4n) is 2.45. The lowest BCUT2D eigenvalue weighted by molar-refractivity contribution is -0.135. The number of carbonyl (C=O) groups is 1. The molecule has 0 radical (unpaired) electrons. The Balaban J connectivity index is 1.67. The van der Waals surface area contributed by atoms with Crippen LogP contribution in [0.25, 0.3) is 0 Å². The van der Waals surface area contributed by atoms with Crippen LogP contribution >= 0.6 is 0 Å². The van der Waals surface area contributed by atoms with Gasteiger partial charge in [0.2, 0.25) is 0 Å². The summed E-state index contributed by atoms with van der Waals surface area (Å²) in [5.74, 6) is 1.28. The quantitative estimate of drug-likeness (QED) is 0.661. The maximum absolute atomic E-state index is 12.7. The number of pyridine rings is 1. The van der Waals surface area contributed by atoms with E-state index in [1.54, 1.807) is 17.4 Å². The van der Waals surface area contributed by atoms with Gasteiger partial charge in [0, 0.05) is 6.20 Å². The molecular weight excluding hydrogens is 316 g/mol. The number of hydrogen-bond donors (Lipinski definition) is 0. The van der Waals surface area contributed by atoms with Gasteiger partial charge in [-0.3, -0.25) is 9.78 Å². The number of carbonyl (C=O) groups excluding carboxylic acids is 1. The molecule has 5 heteroatoms. The van der Waals surface area contributed by atoms with Crippen LogP contribution in [-0.4, -0.2) is 22.4 Å². The first-order chi connectivity index (χ1) is 12.2. The van der Waals surface area contributed by atoms with E-state index in [2.05, 4.69) is 4.98 Å². The number of hydrogen-bond acceptors (Lipinski definition) is 4. The minimum absolute atomic E-state index is 0.0308. The average molecular weight is 336 g/mol. The summed E-state index contributed by atoms with van der Waals surface area (Å²) < 4.78 is 11.0. The van der Waals surface area contributed by atoms with Gasteiger partial charge in [0.25, 0.3) is 5.91 Å². The summed E-state index contributed by atoms with van der Waals surface area (Å²) in [4.78, 5) is 18.6. The van der Waals surface area contributed by atoms with Gasteiger partial charge in [-0.15, -0.1) is 0 Å². The van der Waals surface area contributed by atoms with Crippen LogP contribution in [0.5, 0.6) is 5.75 Å². The molecule has 0 spiro atoms. The molecule has 2 heterocycles. The van der Waals surface area contributed by atoms with Crippen molar-refractivity contribution in [1.82, 2.24) is 9.88 Å². The Morgan fingerprint density at radius 1 is 1.12 bits per heavy atom. The molecule has 0 aliphatic heterocycles. The Kier molecular flexibility index (Phi) is 5.46. The van der Waals surface area contributed by atoms with Gasteiger partial charge in [-0.1, -0.05) is 18.2 Å². The minimum Gasteiger partial charge on any atom is -0.484 e. The fourth-order valence-corrected chi connectivity index (χ4v) is 2.45. The summed E-state index contributed by atoms with van der Waals surface area (Å²) >= 11 is 0. The molecule has 0 bridgehead atoms. The first-order valence-corrected chi connectivity index (χ1v) is 8.10. The van der Waals surface area contributed by atoms with Gasteiger partial charge in [-0.25, -0.2) is 0 Å². The molecule has 0 N–H and O–H groups in total. The van der Waals surface area contributed by atoms with Crippen LogP contribution < -0.4 is 4.74 Å². The number of furan rings is 1. The highest BCUT2D eigenvalue weighted by molar-refractivity contribution is 5.77. The molecule has 5 nitrogen and oxygen atoms in total. The van der Waals surface area contributed by atoms with E-state index < -0.39 is 0 Å². The van der Waals surface area contributed by atoms with Crippen LogP contribution in [0.3, 0.4) is 0 Å². The van der Waals surface area contributed by atoms with Crippen LogP contribution in [0.4, 0.5) is 0 Å². The van der Waals surface area contributed by atoms with E-state index in [-0.39, 0.29) is 12.5 Å². The summed E-state index contributed by atoms with van der Waals surface area (Å²) in [7, 11) is 0. The Bertz CT molecular complexity index is 801. The van der Waals surface area contributed by atoms with Gasteiger partial charge >= 0.3 is 0 Å². The molecule has 1 aromatic carbocycles. The molecule has 0 aliphatic carbocycles. The van der Waals surface area contributed by atoms with E-state index in [1.165, 1.54) is 0 Å². The lowest BCUT2D eigenvalue weighted by Gasteiger charge is -2.21. The first kappa shape index (κ1) is 16.8. The zero-order valence-corrected chi connectivity index (χ0v) is 14.1. The molecule has 1 amide bonds. The van der Waals surface area contributed by atoms with Gasteiger partial charge in [0.15, 0.2) is 6.61 Å². The van der Waals surface area contributed by atoms with Crippen LogP contribution in [0, 0.1) is 6.92 Å². The topological polar surface area (TPSA) is 55.6 Å². The third kappa shape index (κ3) is 4.94. The van der Waals surface area contributed by atoms with Crippen molar-refractivity contribution in [3.63, 3.8) is 0 Å². The van der Waals surface area contributed by atoms with Gasteiger partial charge in [0.1, 0.15) is 11.5 Å². The number of nitrogens with zero attached hydrogens (tertiary/aromatic N) is 2. The van der Waals surface area contributed by atoms with Gasteiger partial charge in [-0.05, 0) is 48.9 Å². The maximum Gasteiger partial charge on any atom is 0.261 e. The SMILES string of the molecule is Cc1cccc(OCC(=O)N(Cc2ccccn2)Cc2ccco2)c1. The molecule has 2 aromatic heterocycles. The summed E-state index contributed by atoms with van der Waals surface area (Å²) in [6.45, 7) is 2.73. The standard InChI is InChI=1S/C20H20N2O3/c1-16-6-4-8-18(12-16)25-15-20(23)22(14-19-9-5-11-24-19)13-17-7-2-3-10-21-17/h2-12H,13-15H2,1H3. The fraction of sp³-hybridized carbons (Fsp3) is 0.200. The van der Waals surface area contributed by atoms with Crippen molar-refractivity contribution < 1.29 is 13.9 Å². The van der Waals surface area contributed by atoms with Crippen molar-refractivity contribution in [3.8, 4) is 5.75 Å². The summed E-state index contributed by atoms with van der Waals surface area (Å²) in [6.07, 6.45) is 3.32. The molecule has 0 aliphatic rings. The highest BCUT2D eigenvalue weighted by Gasteiger charge is 2.17. The number of aromatic nitrogens is 1. The maximum atomic E-state index is 12.7. The van der Waals surface area contributed by atoms with E-state index in [9.17, 15) is 4.79 Å². The molecule has 3 rings (SSSR count). The first-order valence-electron chi connectivity index (χ1n) is 8.10. The van der Waals surface area contributed by atoms with Crippen LogP contribution in [0.1, 0.15) is 17.0 Å². The molecule has 0 atom stereocenters. The Hall–Kier alpha value is -3.08. The minimum atomic E-state index is -0.122. The second-order valence-corrected chi connectivity index (χ2v) is 5.76.